The highest BCUT2D eigenvalue weighted by Gasteiger charge is 2.17. The van der Waals surface area contributed by atoms with Crippen LogP contribution in [0.4, 0.5) is 0 Å². The molecule has 1 atom stereocenters. The van der Waals surface area contributed by atoms with Crippen LogP contribution in [0, 0.1) is 0 Å². The molecule has 0 aliphatic carbocycles. The Morgan fingerprint density at radius 3 is 2.67 bits per heavy atom. The van der Waals surface area contributed by atoms with Gasteiger partial charge in [0.05, 0.1) is 17.2 Å². The van der Waals surface area contributed by atoms with Crippen molar-refractivity contribution in [1.82, 2.24) is 4.98 Å². The molecule has 0 bridgehead atoms. The minimum atomic E-state index is -0.907. The Balaban J connectivity index is 2.41. The van der Waals surface area contributed by atoms with Crippen molar-refractivity contribution >= 4 is 23.2 Å². The lowest BCUT2D eigenvalue weighted by Gasteiger charge is -2.14. The smallest absolute Gasteiger partial charge is 0.143 e. The molecule has 0 saturated heterocycles. The summed E-state index contributed by atoms with van der Waals surface area (Å²) in [5.41, 5.74) is 1.06. The molecule has 1 N–H and O–H groups in total. The first kappa shape index (κ1) is 13.1. The molecule has 5 heteroatoms. The summed E-state index contributed by atoms with van der Waals surface area (Å²) in [5, 5.41) is 11.1. The van der Waals surface area contributed by atoms with E-state index in [2.05, 4.69) is 4.98 Å². The number of aliphatic hydroxyl groups is 1. The lowest BCUT2D eigenvalue weighted by Crippen LogP contribution is -2.04. The van der Waals surface area contributed by atoms with Crippen LogP contribution in [-0.4, -0.2) is 17.2 Å². The average molecular weight is 284 g/mol. The Hall–Kier alpha value is -1.29. The highest BCUT2D eigenvalue weighted by molar-refractivity contribution is 6.42. The summed E-state index contributed by atoms with van der Waals surface area (Å²) in [7, 11) is 1.53. The van der Waals surface area contributed by atoms with E-state index in [1.165, 1.54) is 7.11 Å². The molecule has 1 aromatic heterocycles. The summed E-state index contributed by atoms with van der Waals surface area (Å²) < 4.78 is 5.16. The molecule has 18 heavy (non-hydrogen) atoms. The van der Waals surface area contributed by atoms with Crippen LogP contribution < -0.4 is 4.74 Å². The van der Waals surface area contributed by atoms with Gasteiger partial charge in [0.25, 0.3) is 0 Å². The Bertz CT molecular complexity index is 560. The minimum Gasteiger partial charge on any atom is -0.495 e. The molecule has 0 fully saturated rings. The molecule has 0 aliphatic heterocycles. The van der Waals surface area contributed by atoms with Gasteiger partial charge in [0.2, 0.25) is 0 Å². The first-order valence-corrected chi connectivity index (χ1v) is 6.01. The van der Waals surface area contributed by atoms with Crippen molar-refractivity contribution in [3.63, 3.8) is 0 Å². The van der Waals surface area contributed by atoms with E-state index in [0.717, 1.165) is 0 Å². The van der Waals surface area contributed by atoms with Gasteiger partial charge in [0, 0.05) is 6.20 Å². The first-order chi connectivity index (χ1) is 8.63. The number of methoxy groups -OCH3 is 1. The normalized spacial score (nSPS) is 12.2. The molecule has 1 unspecified atom stereocenters. The van der Waals surface area contributed by atoms with E-state index in [9.17, 15) is 5.11 Å². The van der Waals surface area contributed by atoms with Crippen LogP contribution >= 0.6 is 23.2 Å². The topological polar surface area (TPSA) is 42.4 Å². The van der Waals surface area contributed by atoms with Crippen molar-refractivity contribution in [2.24, 2.45) is 0 Å². The zero-order valence-corrected chi connectivity index (χ0v) is 11.1. The number of aromatic nitrogens is 1. The molecule has 1 aromatic carbocycles. The van der Waals surface area contributed by atoms with Crippen molar-refractivity contribution in [2.75, 3.05) is 7.11 Å². The van der Waals surface area contributed by atoms with E-state index < -0.39 is 6.10 Å². The number of rotatable bonds is 3. The monoisotopic (exact) mass is 283 g/mol. The standard InChI is InChI=1S/C13H11Cl2NO2/c1-18-11-3-2-6-16-12(11)13(17)8-4-5-9(14)10(15)7-8/h2-7,13,17H,1H3. The Morgan fingerprint density at radius 1 is 1.22 bits per heavy atom. The summed E-state index contributed by atoms with van der Waals surface area (Å²) in [6.45, 7) is 0. The summed E-state index contributed by atoms with van der Waals surface area (Å²) in [4.78, 5) is 4.13. The van der Waals surface area contributed by atoms with Gasteiger partial charge >= 0.3 is 0 Å². The molecule has 2 rings (SSSR count). The maximum Gasteiger partial charge on any atom is 0.143 e. The van der Waals surface area contributed by atoms with Crippen molar-refractivity contribution in [1.29, 1.82) is 0 Å². The lowest BCUT2D eigenvalue weighted by atomic mass is 10.1. The van der Waals surface area contributed by atoms with E-state index in [-0.39, 0.29) is 0 Å². The summed E-state index contributed by atoms with van der Waals surface area (Å²) in [5.74, 6) is 0.524. The van der Waals surface area contributed by atoms with Gasteiger partial charge in [0.1, 0.15) is 17.5 Å². The van der Waals surface area contributed by atoms with Crippen LogP contribution in [0.3, 0.4) is 0 Å². The molecule has 0 saturated carbocycles. The average Bonchev–Trinajstić information content (AvgIpc) is 2.41. The predicted molar refractivity (Wildman–Crippen MR) is 71.3 cm³/mol. The third-order valence-electron chi connectivity index (χ3n) is 2.54. The molecule has 3 nitrogen and oxygen atoms in total. The molecular formula is C13H11Cl2NO2. The van der Waals surface area contributed by atoms with Crippen LogP contribution in [-0.2, 0) is 0 Å². The van der Waals surface area contributed by atoms with Crippen LogP contribution in [0.25, 0.3) is 0 Å². The maximum absolute atomic E-state index is 10.3. The molecule has 0 spiro atoms. The van der Waals surface area contributed by atoms with E-state index in [0.29, 0.717) is 27.1 Å². The van der Waals surface area contributed by atoms with E-state index >= 15 is 0 Å². The third kappa shape index (κ3) is 2.58. The lowest BCUT2D eigenvalue weighted by molar-refractivity contribution is 0.209. The molecule has 94 valence electrons. The Morgan fingerprint density at radius 2 is 2.00 bits per heavy atom. The molecule has 0 aliphatic rings. The van der Waals surface area contributed by atoms with E-state index in [4.69, 9.17) is 27.9 Å². The molecule has 1 heterocycles. The molecular weight excluding hydrogens is 273 g/mol. The zero-order chi connectivity index (χ0) is 13.1. The van der Waals surface area contributed by atoms with Crippen molar-refractivity contribution in [3.8, 4) is 5.75 Å². The van der Waals surface area contributed by atoms with Crippen molar-refractivity contribution < 1.29 is 9.84 Å². The number of ether oxygens (including phenoxy) is 1. The van der Waals surface area contributed by atoms with Gasteiger partial charge in [-0.15, -0.1) is 0 Å². The number of nitrogens with zero attached hydrogens (tertiary/aromatic N) is 1. The van der Waals surface area contributed by atoms with Gasteiger partial charge in [0.15, 0.2) is 0 Å². The number of hydrogen-bond donors (Lipinski definition) is 1. The molecule has 0 radical (unpaired) electrons. The SMILES string of the molecule is COc1cccnc1C(O)c1ccc(Cl)c(Cl)c1. The van der Waals surface area contributed by atoms with Gasteiger partial charge < -0.3 is 9.84 Å². The van der Waals surface area contributed by atoms with Gasteiger partial charge in [-0.2, -0.15) is 0 Å². The second-order valence-corrected chi connectivity index (χ2v) is 4.48. The number of pyridine rings is 1. The van der Waals surface area contributed by atoms with Crippen LogP contribution in [0.2, 0.25) is 10.0 Å². The van der Waals surface area contributed by atoms with Gasteiger partial charge in [-0.25, -0.2) is 0 Å². The van der Waals surface area contributed by atoms with Gasteiger partial charge in [-0.1, -0.05) is 29.3 Å². The summed E-state index contributed by atoms with van der Waals surface area (Å²) in [6.07, 6.45) is 0.689. The zero-order valence-electron chi connectivity index (χ0n) is 9.60. The number of aliphatic hydroxyl groups excluding tert-OH is 1. The minimum absolute atomic E-state index is 0.392. The quantitative estimate of drug-likeness (QED) is 0.938. The third-order valence-corrected chi connectivity index (χ3v) is 3.28. The highest BCUT2D eigenvalue weighted by atomic mass is 35.5. The second kappa shape index (κ2) is 5.57. The van der Waals surface area contributed by atoms with Crippen LogP contribution in [0.5, 0.6) is 5.75 Å². The highest BCUT2D eigenvalue weighted by Crippen LogP contribution is 2.31. The molecule has 2 aromatic rings. The largest absolute Gasteiger partial charge is 0.495 e. The number of benzene rings is 1. The van der Waals surface area contributed by atoms with Crippen LogP contribution in [0.15, 0.2) is 36.5 Å². The summed E-state index contributed by atoms with van der Waals surface area (Å²) >= 11 is 11.8. The summed E-state index contributed by atoms with van der Waals surface area (Å²) in [6, 6.07) is 8.43. The number of halogens is 2. The van der Waals surface area contributed by atoms with Crippen LogP contribution in [0.1, 0.15) is 17.4 Å². The maximum atomic E-state index is 10.3. The van der Waals surface area contributed by atoms with Gasteiger partial charge in [-0.05, 0) is 29.8 Å². The number of hydrogen-bond acceptors (Lipinski definition) is 3. The van der Waals surface area contributed by atoms with Gasteiger partial charge in [-0.3, -0.25) is 4.98 Å². The fourth-order valence-corrected chi connectivity index (χ4v) is 1.93. The van der Waals surface area contributed by atoms with E-state index in [1.807, 2.05) is 0 Å². The molecule has 0 amide bonds. The first-order valence-electron chi connectivity index (χ1n) is 5.25. The second-order valence-electron chi connectivity index (χ2n) is 3.67. The fourth-order valence-electron chi connectivity index (χ4n) is 1.62. The Kier molecular flexibility index (Phi) is 4.07. The fraction of sp³-hybridized carbons (Fsp3) is 0.154. The predicted octanol–water partition coefficient (Wildman–Crippen LogP) is 3.48. The van der Waals surface area contributed by atoms with E-state index in [1.54, 1.807) is 36.5 Å². The van der Waals surface area contributed by atoms with Crippen molar-refractivity contribution in [2.45, 2.75) is 6.10 Å². The van der Waals surface area contributed by atoms with Crippen molar-refractivity contribution in [3.05, 3.63) is 57.8 Å². The Labute approximate surface area is 115 Å².